The summed E-state index contributed by atoms with van der Waals surface area (Å²) in [6.07, 6.45) is 0. The molecule has 0 bridgehead atoms. The minimum Gasteiger partial charge on any atom is -0.490 e. The van der Waals surface area contributed by atoms with Crippen LogP contribution >= 0.6 is 0 Å². The molecular weight excluding hydrogens is 407 g/mol. The summed E-state index contributed by atoms with van der Waals surface area (Å²) in [6, 6.07) is 8.47. The molecule has 30 heavy (non-hydrogen) atoms. The normalized spacial score (nSPS) is 16.1. The molecule has 162 valence electrons. The molecular formula is C22H27FN2O4S. The van der Waals surface area contributed by atoms with Crippen molar-refractivity contribution in [1.29, 1.82) is 0 Å². The molecule has 1 aliphatic rings. The molecule has 0 radical (unpaired) electrons. The van der Waals surface area contributed by atoms with Gasteiger partial charge in [0.1, 0.15) is 18.2 Å². The van der Waals surface area contributed by atoms with Gasteiger partial charge in [-0.2, -0.15) is 0 Å². The summed E-state index contributed by atoms with van der Waals surface area (Å²) in [5.74, 6) is 0.180. The second kappa shape index (κ2) is 7.91. The van der Waals surface area contributed by atoms with E-state index in [1.54, 1.807) is 23.1 Å². The van der Waals surface area contributed by atoms with Crippen molar-refractivity contribution in [3.63, 3.8) is 0 Å². The molecule has 1 N–H and O–H groups in total. The Hall–Kier alpha value is -2.61. The van der Waals surface area contributed by atoms with Gasteiger partial charge in [-0.1, -0.05) is 13.8 Å². The first-order valence-corrected chi connectivity index (χ1v) is 11.3. The van der Waals surface area contributed by atoms with Gasteiger partial charge in [0.05, 0.1) is 21.7 Å². The molecule has 3 rings (SSSR count). The van der Waals surface area contributed by atoms with Crippen molar-refractivity contribution >= 4 is 27.3 Å². The van der Waals surface area contributed by atoms with Crippen LogP contribution in [0.5, 0.6) is 5.75 Å². The van der Waals surface area contributed by atoms with Crippen LogP contribution in [0.4, 0.5) is 15.8 Å². The number of ether oxygens (including phenoxy) is 1. The fraction of sp³-hybridized carbons (Fsp3) is 0.409. The summed E-state index contributed by atoms with van der Waals surface area (Å²) >= 11 is 0. The van der Waals surface area contributed by atoms with E-state index in [1.165, 1.54) is 19.1 Å². The van der Waals surface area contributed by atoms with Gasteiger partial charge in [0, 0.05) is 6.54 Å². The molecule has 0 spiro atoms. The largest absolute Gasteiger partial charge is 0.490 e. The second-order valence-electron chi connectivity index (χ2n) is 8.68. The lowest BCUT2D eigenvalue weighted by atomic mass is 9.92. The molecule has 8 heteroatoms. The molecule has 0 saturated carbocycles. The molecule has 2 aromatic carbocycles. The van der Waals surface area contributed by atoms with Crippen molar-refractivity contribution < 1.29 is 22.3 Å². The van der Waals surface area contributed by atoms with E-state index in [9.17, 15) is 17.6 Å². The van der Waals surface area contributed by atoms with E-state index in [-0.39, 0.29) is 28.9 Å². The predicted octanol–water partition coefficient (Wildman–Crippen LogP) is 4.34. The Morgan fingerprint density at radius 1 is 1.20 bits per heavy atom. The third-order valence-corrected chi connectivity index (χ3v) is 6.28. The van der Waals surface area contributed by atoms with Crippen LogP contribution in [0, 0.1) is 24.1 Å². The van der Waals surface area contributed by atoms with E-state index in [2.05, 4.69) is 4.72 Å². The monoisotopic (exact) mass is 434 g/mol. The van der Waals surface area contributed by atoms with Crippen LogP contribution < -0.4 is 14.4 Å². The van der Waals surface area contributed by atoms with E-state index in [0.29, 0.717) is 23.7 Å². The van der Waals surface area contributed by atoms with Crippen molar-refractivity contribution in [2.45, 2.75) is 39.5 Å². The third-order valence-electron chi connectivity index (χ3n) is 4.90. The highest BCUT2D eigenvalue weighted by Crippen LogP contribution is 2.39. The number of carbonyl (C=O) groups is 1. The number of benzene rings is 2. The predicted molar refractivity (Wildman–Crippen MR) is 115 cm³/mol. The number of rotatable bonds is 5. The summed E-state index contributed by atoms with van der Waals surface area (Å²) in [5.41, 5.74) is 0.346. The first kappa shape index (κ1) is 22.1. The number of fused-ring (bicyclic) bond motifs is 1. The first-order valence-electron chi connectivity index (χ1n) is 9.78. The Bertz CT molecular complexity index is 1080. The number of sulfonamides is 1. The van der Waals surface area contributed by atoms with Crippen LogP contribution in [0.3, 0.4) is 0 Å². The maximum atomic E-state index is 13.5. The van der Waals surface area contributed by atoms with Gasteiger partial charge in [0.2, 0.25) is 5.91 Å². The minimum absolute atomic E-state index is 0.0381. The van der Waals surface area contributed by atoms with E-state index in [0.717, 1.165) is 6.07 Å². The zero-order valence-corrected chi connectivity index (χ0v) is 18.6. The molecule has 2 aromatic rings. The Morgan fingerprint density at radius 3 is 2.53 bits per heavy atom. The van der Waals surface area contributed by atoms with Crippen LogP contribution in [0.2, 0.25) is 0 Å². The van der Waals surface area contributed by atoms with Crippen molar-refractivity contribution in [1.82, 2.24) is 0 Å². The van der Waals surface area contributed by atoms with Crippen LogP contribution in [0.1, 0.15) is 33.3 Å². The number of halogens is 1. The zero-order chi connectivity index (χ0) is 22.3. The number of anilines is 2. The van der Waals surface area contributed by atoms with Gasteiger partial charge in [-0.3, -0.25) is 9.52 Å². The molecule has 0 fully saturated rings. The quantitative estimate of drug-likeness (QED) is 0.759. The Labute approximate surface area is 177 Å². The highest BCUT2D eigenvalue weighted by Gasteiger charge is 2.38. The van der Waals surface area contributed by atoms with E-state index >= 15 is 0 Å². The molecule has 6 nitrogen and oxygen atoms in total. The molecule has 0 atom stereocenters. The lowest BCUT2D eigenvalue weighted by molar-refractivity contribution is -0.127. The molecule has 1 heterocycles. The Morgan fingerprint density at radius 2 is 1.90 bits per heavy atom. The van der Waals surface area contributed by atoms with Crippen LogP contribution in [-0.2, 0) is 14.8 Å². The van der Waals surface area contributed by atoms with Crippen molar-refractivity contribution in [2.24, 2.45) is 11.3 Å². The van der Waals surface area contributed by atoms with Crippen molar-refractivity contribution in [3.8, 4) is 5.75 Å². The number of nitrogens with one attached hydrogen (secondary N) is 1. The van der Waals surface area contributed by atoms with Gasteiger partial charge in [-0.25, -0.2) is 12.8 Å². The summed E-state index contributed by atoms with van der Waals surface area (Å²) in [6.45, 7) is 9.89. The minimum atomic E-state index is -3.93. The Balaban J connectivity index is 2.00. The molecule has 0 aliphatic carbocycles. The van der Waals surface area contributed by atoms with E-state index < -0.39 is 21.3 Å². The molecule has 0 unspecified atom stereocenters. The van der Waals surface area contributed by atoms with Crippen molar-refractivity contribution in [3.05, 3.63) is 47.8 Å². The van der Waals surface area contributed by atoms with Crippen LogP contribution in [0.15, 0.2) is 41.3 Å². The maximum absolute atomic E-state index is 13.5. The summed E-state index contributed by atoms with van der Waals surface area (Å²) < 4.78 is 47.5. The van der Waals surface area contributed by atoms with E-state index in [4.69, 9.17) is 4.74 Å². The highest BCUT2D eigenvalue weighted by atomic mass is 32.2. The van der Waals surface area contributed by atoms with Gasteiger partial charge in [-0.15, -0.1) is 0 Å². The summed E-state index contributed by atoms with van der Waals surface area (Å²) in [5, 5.41) is 0. The fourth-order valence-corrected chi connectivity index (χ4v) is 4.39. The standard InChI is InChI=1S/C22H27FN2O4S/c1-14(2)12-25-19-11-16(6-9-20(19)29-13-22(4,5)21(25)26)24-30(27,28)17-7-8-18(23)15(3)10-17/h6-11,14,24H,12-13H2,1-5H3. The SMILES string of the molecule is Cc1cc(S(=O)(=O)Nc2ccc3c(c2)N(CC(C)C)C(=O)C(C)(C)CO3)ccc1F. The topological polar surface area (TPSA) is 75.7 Å². The highest BCUT2D eigenvalue weighted by molar-refractivity contribution is 7.92. The van der Waals surface area contributed by atoms with Gasteiger partial charge >= 0.3 is 0 Å². The number of hydrogen-bond acceptors (Lipinski definition) is 4. The summed E-state index contributed by atoms with van der Waals surface area (Å²) in [4.78, 5) is 14.7. The van der Waals surface area contributed by atoms with Crippen LogP contribution in [-0.4, -0.2) is 27.5 Å². The van der Waals surface area contributed by atoms with Crippen molar-refractivity contribution in [2.75, 3.05) is 22.8 Å². The molecule has 0 aromatic heterocycles. The van der Waals surface area contributed by atoms with Gasteiger partial charge in [0.15, 0.2) is 0 Å². The fourth-order valence-electron chi connectivity index (χ4n) is 3.25. The molecule has 1 amide bonds. The lowest BCUT2D eigenvalue weighted by Gasteiger charge is -2.29. The third kappa shape index (κ3) is 4.43. The maximum Gasteiger partial charge on any atom is 0.261 e. The van der Waals surface area contributed by atoms with Gasteiger partial charge < -0.3 is 9.64 Å². The average Bonchev–Trinajstić information content (AvgIpc) is 2.74. The number of aryl methyl sites for hydroxylation is 1. The second-order valence-corrected chi connectivity index (χ2v) is 10.4. The molecule has 1 aliphatic heterocycles. The molecule has 0 saturated heterocycles. The van der Waals surface area contributed by atoms with E-state index in [1.807, 2.05) is 27.7 Å². The first-order chi connectivity index (χ1) is 13.9. The smallest absolute Gasteiger partial charge is 0.261 e. The van der Waals surface area contributed by atoms with Gasteiger partial charge in [-0.05, 0) is 68.7 Å². The Kier molecular flexibility index (Phi) is 5.82. The number of carbonyl (C=O) groups excluding carboxylic acids is 1. The number of hydrogen-bond donors (Lipinski definition) is 1. The van der Waals surface area contributed by atoms with Gasteiger partial charge in [0.25, 0.3) is 10.0 Å². The zero-order valence-electron chi connectivity index (χ0n) is 17.8. The number of nitrogens with zero attached hydrogens (tertiary/aromatic N) is 1. The number of amides is 1. The lowest BCUT2D eigenvalue weighted by Crippen LogP contribution is -2.43. The summed E-state index contributed by atoms with van der Waals surface area (Å²) in [7, 11) is -3.93. The average molecular weight is 435 g/mol. The van der Waals surface area contributed by atoms with Crippen LogP contribution in [0.25, 0.3) is 0 Å².